The Labute approximate surface area is 108 Å². The van der Waals surface area contributed by atoms with Crippen LogP contribution >= 0.6 is 0 Å². The van der Waals surface area contributed by atoms with Gasteiger partial charge in [0.2, 0.25) is 0 Å². The topological polar surface area (TPSA) is 0 Å². The van der Waals surface area contributed by atoms with Crippen LogP contribution in [0.1, 0.15) is 65.7 Å². The average Bonchev–Trinajstić information content (AvgIpc) is 2.33. The molecule has 0 N–H and O–H groups in total. The molecule has 0 amide bonds. The van der Waals surface area contributed by atoms with Gasteiger partial charge in [0.1, 0.15) is 0 Å². The molecular formula is C17H28. The van der Waals surface area contributed by atoms with Gasteiger partial charge in [-0.05, 0) is 62.7 Å². The van der Waals surface area contributed by atoms with E-state index in [9.17, 15) is 0 Å². The predicted molar refractivity (Wildman–Crippen MR) is 74.6 cm³/mol. The molecule has 17 heavy (non-hydrogen) atoms. The Bertz CT molecular complexity index is 285. The molecule has 0 heterocycles. The molecule has 2 aliphatic carbocycles. The SMILES string of the molecule is CC#CC1CC(C2CCC(C)CC2)CCC1C. The Hall–Kier alpha value is -0.440. The summed E-state index contributed by atoms with van der Waals surface area (Å²) in [5, 5.41) is 0. The molecule has 2 fully saturated rings. The fourth-order valence-corrected chi connectivity index (χ4v) is 3.93. The van der Waals surface area contributed by atoms with Gasteiger partial charge in [-0.1, -0.05) is 32.6 Å². The van der Waals surface area contributed by atoms with Crippen LogP contribution in [0.25, 0.3) is 0 Å². The maximum atomic E-state index is 3.46. The predicted octanol–water partition coefficient (Wildman–Crippen LogP) is 4.89. The fourth-order valence-electron chi connectivity index (χ4n) is 3.93. The Kier molecular flexibility index (Phi) is 4.55. The third kappa shape index (κ3) is 3.27. The minimum Gasteiger partial charge on any atom is -0.106 e. The molecule has 0 radical (unpaired) electrons. The summed E-state index contributed by atoms with van der Waals surface area (Å²) < 4.78 is 0. The third-order valence-corrected chi connectivity index (χ3v) is 5.29. The summed E-state index contributed by atoms with van der Waals surface area (Å²) in [6.07, 6.45) is 10.2. The van der Waals surface area contributed by atoms with Crippen LogP contribution in [0, 0.1) is 41.4 Å². The summed E-state index contributed by atoms with van der Waals surface area (Å²) in [7, 11) is 0. The van der Waals surface area contributed by atoms with Crippen molar-refractivity contribution in [2.45, 2.75) is 65.7 Å². The standard InChI is InChI=1S/C17H28/c1-4-5-16-12-17(11-8-14(16)3)15-9-6-13(2)7-10-15/h13-17H,6-12H2,1-3H3. The number of hydrogen-bond acceptors (Lipinski definition) is 0. The van der Waals surface area contributed by atoms with Gasteiger partial charge in [0, 0.05) is 5.92 Å². The molecule has 0 saturated heterocycles. The first kappa shape index (κ1) is 13.0. The van der Waals surface area contributed by atoms with Crippen LogP contribution in [0.4, 0.5) is 0 Å². The molecule has 0 aromatic heterocycles. The van der Waals surface area contributed by atoms with E-state index in [4.69, 9.17) is 0 Å². The zero-order chi connectivity index (χ0) is 12.3. The van der Waals surface area contributed by atoms with Crippen molar-refractivity contribution in [2.75, 3.05) is 0 Å². The second-order valence-electron chi connectivity index (χ2n) is 6.57. The molecule has 0 bridgehead atoms. The van der Waals surface area contributed by atoms with Gasteiger partial charge in [-0.3, -0.25) is 0 Å². The zero-order valence-corrected chi connectivity index (χ0v) is 11.8. The molecule has 96 valence electrons. The van der Waals surface area contributed by atoms with Gasteiger partial charge in [0.15, 0.2) is 0 Å². The molecule has 3 unspecified atom stereocenters. The maximum Gasteiger partial charge on any atom is 0.0231 e. The molecule has 0 nitrogen and oxygen atoms in total. The van der Waals surface area contributed by atoms with Gasteiger partial charge < -0.3 is 0 Å². The quantitative estimate of drug-likeness (QED) is 0.565. The van der Waals surface area contributed by atoms with E-state index in [2.05, 4.69) is 25.7 Å². The summed E-state index contributed by atoms with van der Waals surface area (Å²) in [4.78, 5) is 0. The highest BCUT2D eigenvalue weighted by molar-refractivity contribution is 5.05. The van der Waals surface area contributed by atoms with Gasteiger partial charge in [-0.2, -0.15) is 0 Å². The Morgan fingerprint density at radius 2 is 1.47 bits per heavy atom. The van der Waals surface area contributed by atoms with E-state index in [0.29, 0.717) is 5.92 Å². The monoisotopic (exact) mass is 232 g/mol. The Morgan fingerprint density at radius 3 is 2.12 bits per heavy atom. The van der Waals surface area contributed by atoms with Crippen molar-refractivity contribution in [1.82, 2.24) is 0 Å². The van der Waals surface area contributed by atoms with Crippen LogP contribution in [-0.2, 0) is 0 Å². The molecule has 0 spiro atoms. The highest BCUT2D eigenvalue weighted by Crippen LogP contribution is 2.43. The molecule has 2 rings (SSSR count). The van der Waals surface area contributed by atoms with Gasteiger partial charge in [-0.25, -0.2) is 0 Å². The molecule has 0 aliphatic heterocycles. The van der Waals surface area contributed by atoms with Crippen molar-refractivity contribution < 1.29 is 0 Å². The van der Waals surface area contributed by atoms with Crippen LogP contribution in [-0.4, -0.2) is 0 Å². The lowest BCUT2D eigenvalue weighted by Crippen LogP contribution is -2.29. The van der Waals surface area contributed by atoms with Crippen molar-refractivity contribution in [3.63, 3.8) is 0 Å². The van der Waals surface area contributed by atoms with E-state index in [0.717, 1.165) is 23.7 Å². The van der Waals surface area contributed by atoms with Crippen molar-refractivity contribution >= 4 is 0 Å². The smallest absolute Gasteiger partial charge is 0.0231 e. The second-order valence-corrected chi connectivity index (χ2v) is 6.57. The Morgan fingerprint density at radius 1 is 0.824 bits per heavy atom. The molecule has 0 aromatic carbocycles. The van der Waals surface area contributed by atoms with Gasteiger partial charge >= 0.3 is 0 Å². The van der Waals surface area contributed by atoms with Gasteiger partial charge in [-0.15, -0.1) is 5.92 Å². The normalized spacial score (nSPS) is 42.6. The van der Waals surface area contributed by atoms with Crippen LogP contribution in [0.2, 0.25) is 0 Å². The summed E-state index contributed by atoms with van der Waals surface area (Å²) in [6, 6.07) is 0. The van der Waals surface area contributed by atoms with Crippen molar-refractivity contribution in [3.05, 3.63) is 0 Å². The van der Waals surface area contributed by atoms with E-state index < -0.39 is 0 Å². The van der Waals surface area contributed by atoms with Crippen LogP contribution in [0.3, 0.4) is 0 Å². The highest BCUT2D eigenvalue weighted by atomic mass is 14.4. The third-order valence-electron chi connectivity index (χ3n) is 5.29. The summed E-state index contributed by atoms with van der Waals surface area (Å²) in [6.45, 7) is 6.82. The van der Waals surface area contributed by atoms with Crippen LogP contribution in [0.5, 0.6) is 0 Å². The fraction of sp³-hybridized carbons (Fsp3) is 0.882. The summed E-state index contributed by atoms with van der Waals surface area (Å²) in [5.41, 5.74) is 0. The lowest BCUT2D eigenvalue weighted by atomic mass is 9.66. The van der Waals surface area contributed by atoms with Crippen LogP contribution < -0.4 is 0 Å². The minimum absolute atomic E-state index is 0.693. The van der Waals surface area contributed by atoms with E-state index >= 15 is 0 Å². The molecule has 0 aromatic rings. The molecule has 2 saturated carbocycles. The largest absolute Gasteiger partial charge is 0.106 e. The van der Waals surface area contributed by atoms with Crippen molar-refractivity contribution in [3.8, 4) is 11.8 Å². The average molecular weight is 232 g/mol. The summed E-state index contributed by atoms with van der Waals surface area (Å²) >= 11 is 0. The number of hydrogen-bond donors (Lipinski definition) is 0. The summed E-state index contributed by atoms with van der Waals surface area (Å²) in [5.74, 6) is 11.1. The Balaban J connectivity index is 1.91. The second kappa shape index (κ2) is 5.94. The van der Waals surface area contributed by atoms with Gasteiger partial charge in [0.25, 0.3) is 0 Å². The molecule has 2 aliphatic rings. The van der Waals surface area contributed by atoms with Crippen molar-refractivity contribution in [2.24, 2.45) is 29.6 Å². The van der Waals surface area contributed by atoms with Crippen LogP contribution in [0.15, 0.2) is 0 Å². The van der Waals surface area contributed by atoms with E-state index in [-0.39, 0.29) is 0 Å². The lowest BCUT2D eigenvalue weighted by Gasteiger charge is -2.39. The first-order valence-electron chi connectivity index (χ1n) is 7.63. The molecule has 3 atom stereocenters. The minimum atomic E-state index is 0.693. The van der Waals surface area contributed by atoms with Gasteiger partial charge in [0.05, 0.1) is 0 Å². The van der Waals surface area contributed by atoms with E-state index in [1.165, 1.54) is 44.9 Å². The highest BCUT2D eigenvalue weighted by Gasteiger charge is 2.32. The maximum absolute atomic E-state index is 3.46. The molecular weight excluding hydrogens is 204 g/mol. The first-order valence-corrected chi connectivity index (χ1v) is 7.63. The number of rotatable bonds is 1. The molecule has 0 heteroatoms. The first-order chi connectivity index (χ1) is 8.20. The van der Waals surface area contributed by atoms with E-state index in [1.807, 2.05) is 6.92 Å². The van der Waals surface area contributed by atoms with Crippen molar-refractivity contribution in [1.29, 1.82) is 0 Å². The lowest BCUT2D eigenvalue weighted by molar-refractivity contribution is 0.133. The zero-order valence-electron chi connectivity index (χ0n) is 11.8. The van der Waals surface area contributed by atoms with E-state index in [1.54, 1.807) is 0 Å².